The van der Waals surface area contributed by atoms with Crippen LogP contribution < -0.4 is 0 Å². The molecule has 0 bridgehead atoms. The van der Waals surface area contributed by atoms with Gasteiger partial charge in [-0.2, -0.15) is 0 Å². The number of oxazole rings is 1. The van der Waals surface area contributed by atoms with E-state index in [0.29, 0.717) is 37.6 Å². The summed E-state index contributed by atoms with van der Waals surface area (Å²) in [6.45, 7) is 5.61. The number of aromatic nitrogens is 1. The Morgan fingerprint density at radius 2 is 2.11 bits per heavy atom. The van der Waals surface area contributed by atoms with Crippen molar-refractivity contribution in [2.45, 2.75) is 20.3 Å². The van der Waals surface area contributed by atoms with Gasteiger partial charge in [0.15, 0.2) is 17.8 Å². The maximum absolute atomic E-state index is 13.2. The SMILES string of the molecule is CC(=O)N1C[C@H]2CCN(C(=O)c3ncoc3-c3cccc(C)c3)C[C@@]2(CO)C1. The molecule has 2 aliphatic rings. The third kappa shape index (κ3) is 3.09. The van der Waals surface area contributed by atoms with Gasteiger partial charge in [0.05, 0.1) is 6.61 Å². The van der Waals surface area contributed by atoms with Crippen molar-refractivity contribution < 1.29 is 19.1 Å². The number of piperidine rings is 1. The molecule has 28 heavy (non-hydrogen) atoms. The number of carbonyl (C=O) groups excluding carboxylic acids is 2. The minimum Gasteiger partial charge on any atom is -0.443 e. The molecule has 0 unspecified atom stereocenters. The number of hydrogen-bond donors (Lipinski definition) is 1. The van der Waals surface area contributed by atoms with Crippen LogP contribution >= 0.6 is 0 Å². The van der Waals surface area contributed by atoms with E-state index in [4.69, 9.17) is 4.42 Å². The molecule has 2 fully saturated rings. The number of aryl methyl sites for hydroxylation is 1. The Hall–Kier alpha value is -2.67. The van der Waals surface area contributed by atoms with E-state index in [-0.39, 0.29) is 24.3 Å². The van der Waals surface area contributed by atoms with Crippen LogP contribution in [0.5, 0.6) is 0 Å². The smallest absolute Gasteiger partial charge is 0.276 e. The minimum absolute atomic E-state index is 0.0123. The fourth-order valence-electron chi connectivity index (χ4n) is 4.56. The molecule has 2 saturated heterocycles. The lowest BCUT2D eigenvalue weighted by molar-refractivity contribution is -0.128. The van der Waals surface area contributed by atoms with E-state index in [9.17, 15) is 14.7 Å². The number of aliphatic hydroxyl groups is 1. The van der Waals surface area contributed by atoms with Crippen molar-refractivity contribution in [1.82, 2.24) is 14.8 Å². The topological polar surface area (TPSA) is 86.9 Å². The van der Waals surface area contributed by atoms with E-state index in [0.717, 1.165) is 17.5 Å². The number of hydrogen-bond acceptors (Lipinski definition) is 5. The number of aliphatic hydroxyl groups excluding tert-OH is 1. The molecular weight excluding hydrogens is 358 g/mol. The third-order valence-electron chi connectivity index (χ3n) is 6.16. The number of rotatable bonds is 3. The van der Waals surface area contributed by atoms with Gasteiger partial charge < -0.3 is 19.3 Å². The van der Waals surface area contributed by atoms with Crippen molar-refractivity contribution in [3.05, 3.63) is 41.9 Å². The van der Waals surface area contributed by atoms with E-state index in [1.54, 1.807) is 16.7 Å². The maximum atomic E-state index is 13.2. The number of likely N-dealkylation sites (tertiary alicyclic amines) is 2. The van der Waals surface area contributed by atoms with Crippen LogP contribution in [0.1, 0.15) is 29.4 Å². The first-order valence-electron chi connectivity index (χ1n) is 9.60. The van der Waals surface area contributed by atoms with E-state index >= 15 is 0 Å². The second-order valence-corrected chi connectivity index (χ2v) is 8.03. The second kappa shape index (κ2) is 7.05. The first kappa shape index (κ1) is 18.7. The summed E-state index contributed by atoms with van der Waals surface area (Å²) in [5.74, 6) is 0.487. The molecule has 1 aromatic heterocycles. The second-order valence-electron chi connectivity index (χ2n) is 8.03. The van der Waals surface area contributed by atoms with Gasteiger partial charge in [-0.05, 0) is 25.3 Å². The van der Waals surface area contributed by atoms with E-state index in [2.05, 4.69) is 4.98 Å². The summed E-state index contributed by atoms with van der Waals surface area (Å²) in [5, 5.41) is 10.1. The first-order valence-corrected chi connectivity index (χ1v) is 9.60. The van der Waals surface area contributed by atoms with Crippen LogP contribution in [0.4, 0.5) is 0 Å². The van der Waals surface area contributed by atoms with Gasteiger partial charge in [0, 0.05) is 44.1 Å². The molecule has 7 nitrogen and oxygen atoms in total. The van der Waals surface area contributed by atoms with Gasteiger partial charge in [0.1, 0.15) is 0 Å². The van der Waals surface area contributed by atoms with Crippen molar-refractivity contribution in [3.63, 3.8) is 0 Å². The van der Waals surface area contributed by atoms with Crippen LogP contribution in [-0.4, -0.2) is 64.5 Å². The zero-order valence-corrected chi connectivity index (χ0v) is 16.2. The molecule has 2 aromatic rings. The number of fused-ring (bicyclic) bond motifs is 1. The molecule has 0 aliphatic carbocycles. The fourth-order valence-corrected chi connectivity index (χ4v) is 4.56. The van der Waals surface area contributed by atoms with Gasteiger partial charge >= 0.3 is 0 Å². The number of carbonyl (C=O) groups is 2. The van der Waals surface area contributed by atoms with Crippen LogP contribution in [0.2, 0.25) is 0 Å². The van der Waals surface area contributed by atoms with Gasteiger partial charge in [-0.25, -0.2) is 4.98 Å². The highest BCUT2D eigenvalue weighted by Gasteiger charge is 2.51. The predicted molar refractivity (Wildman–Crippen MR) is 102 cm³/mol. The average Bonchev–Trinajstić information content (AvgIpc) is 3.32. The van der Waals surface area contributed by atoms with Crippen LogP contribution in [0.25, 0.3) is 11.3 Å². The molecule has 2 atom stereocenters. The first-order chi connectivity index (χ1) is 13.4. The van der Waals surface area contributed by atoms with E-state index in [1.807, 2.05) is 31.2 Å². The maximum Gasteiger partial charge on any atom is 0.276 e. The van der Waals surface area contributed by atoms with Crippen molar-refractivity contribution in [2.24, 2.45) is 11.3 Å². The molecule has 0 radical (unpaired) electrons. The molecule has 148 valence electrons. The molecule has 0 saturated carbocycles. The fraction of sp³-hybridized carbons (Fsp3) is 0.476. The van der Waals surface area contributed by atoms with Gasteiger partial charge in [0.25, 0.3) is 5.91 Å². The van der Waals surface area contributed by atoms with Crippen molar-refractivity contribution in [2.75, 3.05) is 32.8 Å². The largest absolute Gasteiger partial charge is 0.443 e. The Morgan fingerprint density at radius 3 is 2.82 bits per heavy atom. The summed E-state index contributed by atoms with van der Waals surface area (Å²) < 4.78 is 5.54. The minimum atomic E-state index is -0.465. The van der Waals surface area contributed by atoms with Crippen molar-refractivity contribution >= 4 is 11.8 Å². The van der Waals surface area contributed by atoms with Gasteiger partial charge in [0.2, 0.25) is 5.91 Å². The van der Waals surface area contributed by atoms with Crippen LogP contribution in [0.15, 0.2) is 35.1 Å². The highest BCUT2D eigenvalue weighted by atomic mass is 16.3. The quantitative estimate of drug-likeness (QED) is 0.875. The predicted octanol–water partition coefficient (Wildman–Crippen LogP) is 1.95. The number of amides is 2. The van der Waals surface area contributed by atoms with Gasteiger partial charge in [-0.15, -0.1) is 0 Å². The van der Waals surface area contributed by atoms with Crippen LogP contribution in [-0.2, 0) is 4.79 Å². The summed E-state index contributed by atoms with van der Waals surface area (Å²) >= 11 is 0. The monoisotopic (exact) mass is 383 g/mol. The molecular formula is C21H25N3O4. The zero-order chi connectivity index (χ0) is 19.9. The molecule has 3 heterocycles. The van der Waals surface area contributed by atoms with E-state index < -0.39 is 5.41 Å². The molecule has 2 amide bonds. The lowest BCUT2D eigenvalue weighted by atomic mass is 9.74. The Labute approximate surface area is 164 Å². The Balaban J connectivity index is 1.59. The van der Waals surface area contributed by atoms with Crippen molar-refractivity contribution in [1.29, 1.82) is 0 Å². The summed E-state index contributed by atoms with van der Waals surface area (Å²) in [6.07, 6.45) is 2.06. The van der Waals surface area contributed by atoms with Gasteiger partial charge in [-0.3, -0.25) is 9.59 Å². The summed E-state index contributed by atoms with van der Waals surface area (Å²) in [6, 6.07) is 7.76. The van der Waals surface area contributed by atoms with Crippen LogP contribution in [0, 0.1) is 18.3 Å². The summed E-state index contributed by atoms with van der Waals surface area (Å²) in [5.41, 5.74) is 1.71. The normalized spacial score (nSPS) is 24.3. The standard InChI is InChI=1S/C21H25N3O4/c1-14-4-3-5-16(8-14)19-18(22-13-28-19)20(27)23-7-6-17-9-24(15(2)26)11-21(17,10-23)12-25/h3-5,8,13,17,25H,6-7,9-12H2,1-2H3/t17-,21+/m1/s1. The highest BCUT2D eigenvalue weighted by Crippen LogP contribution is 2.42. The average molecular weight is 383 g/mol. The Morgan fingerprint density at radius 1 is 1.32 bits per heavy atom. The Bertz CT molecular complexity index is 909. The highest BCUT2D eigenvalue weighted by molar-refractivity contribution is 5.97. The Kier molecular flexibility index (Phi) is 4.71. The summed E-state index contributed by atoms with van der Waals surface area (Å²) in [4.78, 5) is 32.8. The lowest BCUT2D eigenvalue weighted by Gasteiger charge is -2.42. The van der Waals surface area contributed by atoms with Gasteiger partial charge in [-0.1, -0.05) is 23.8 Å². The molecule has 1 aromatic carbocycles. The number of benzene rings is 1. The third-order valence-corrected chi connectivity index (χ3v) is 6.16. The number of nitrogens with zero attached hydrogens (tertiary/aromatic N) is 3. The summed E-state index contributed by atoms with van der Waals surface area (Å²) in [7, 11) is 0. The lowest BCUT2D eigenvalue weighted by Crippen LogP contribution is -2.52. The molecule has 2 aliphatic heterocycles. The van der Waals surface area contributed by atoms with E-state index in [1.165, 1.54) is 6.39 Å². The zero-order valence-electron chi connectivity index (χ0n) is 16.2. The van der Waals surface area contributed by atoms with Crippen molar-refractivity contribution in [3.8, 4) is 11.3 Å². The van der Waals surface area contributed by atoms with Crippen LogP contribution in [0.3, 0.4) is 0 Å². The molecule has 0 spiro atoms. The molecule has 1 N–H and O–H groups in total. The molecule has 4 rings (SSSR count). The molecule has 7 heteroatoms.